The van der Waals surface area contributed by atoms with Gasteiger partial charge < -0.3 is 29.8 Å². The SMILES string of the molecule is Cc1nn(C(=O)OC(C)(C)C)c2cc(Nc3nc(N[C@@H]4CC[C@H](NC(=O)OC(C)(C)C)C4)c4occc4n3)ccc12. The standard InChI is InChI=1S/C29H37N7O5/c1-16-20-11-10-19(15-22(20)36(35-16)27(38)41-29(5,6)7)31-25-33-21-12-13-39-23(21)24(34-25)30-17-8-9-18(14-17)32-26(37)40-28(2,3)4/h10-13,15,17-18H,8-9,14H2,1-7H3,(H,32,37)(H2,30,31,33,34)/t17-,18+/m1/s1. The molecule has 4 aromatic rings. The first-order valence-corrected chi connectivity index (χ1v) is 13.8. The van der Waals surface area contributed by atoms with E-state index in [0.29, 0.717) is 34.1 Å². The molecule has 12 nitrogen and oxygen atoms in total. The average molecular weight is 564 g/mol. The van der Waals surface area contributed by atoms with Gasteiger partial charge in [-0.15, -0.1) is 0 Å². The van der Waals surface area contributed by atoms with E-state index in [1.165, 1.54) is 4.68 Å². The molecule has 0 saturated heterocycles. The summed E-state index contributed by atoms with van der Waals surface area (Å²) in [6, 6.07) is 7.45. The van der Waals surface area contributed by atoms with E-state index in [2.05, 4.69) is 26.0 Å². The Bertz CT molecular complexity index is 1590. The number of amides is 1. The van der Waals surface area contributed by atoms with Gasteiger partial charge in [0.25, 0.3) is 0 Å². The number of hydrogen-bond donors (Lipinski definition) is 3. The number of ether oxygens (including phenoxy) is 2. The van der Waals surface area contributed by atoms with Crippen molar-refractivity contribution in [2.45, 2.75) is 91.0 Å². The Balaban J connectivity index is 1.34. The second kappa shape index (κ2) is 10.6. The Hall–Kier alpha value is -4.35. The quantitative estimate of drug-likeness (QED) is 0.254. The Labute approximate surface area is 238 Å². The fourth-order valence-electron chi connectivity index (χ4n) is 4.85. The molecule has 0 unspecified atom stereocenters. The predicted octanol–water partition coefficient (Wildman–Crippen LogP) is 6.27. The predicted molar refractivity (Wildman–Crippen MR) is 156 cm³/mol. The summed E-state index contributed by atoms with van der Waals surface area (Å²) in [7, 11) is 0. The van der Waals surface area contributed by atoms with E-state index < -0.39 is 23.4 Å². The van der Waals surface area contributed by atoms with Crippen LogP contribution in [-0.2, 0) is 9.47 Å². The monoisotopic (exact) mass is 563 g/mol. The van der Waals surface area contributed by atoms with Crippen molar-refractivity contribution in [1.29, 1.82) is 0 Å². The number of furan rings is 1. The highest BCUT2D eigenvalue weighted by molar-refractivity contribution is 5.92. The summed E-state index contributed by atoms with van der Waals surface area (Å²) in [5, 5.41) is 14.9. The smallest absolute Gasteiger partial charge is 0.435 e. The maximum absolute atomic E-state index is 12.8. The van der Waals surface area contributed by atoms with E-state index in [9.17, 15) is 9.59 Å². The number of fused-ring (bicyclic) bond motifs is 2. The molecule has 12 heteroatoms. The van der Waals surface area contributed by atoms with Gasteiger partial charge in [0.1, 0.15) is 16.7 Å². The molecule has 3 aromatic heterocycles. The van der Waals surface area contributed by atoms with Crippen molar-refractivity contribution in [3.05, 3.63) is 36.2 Å². The molecule has 3 N–H and O–H groups in total. The molecule has 2 atom stereocenters. The Morgan fingerprint density at radius 3 is 2.46 bits per heavy atom. The molecule has 41 heavy (non-hydrogen) atoms. The van der Waals surface area contributed by atoms with Crippen molar-refractivity contribution >= 4 is 51.6 Å². The number of carbonyl (C=O) groups excluding carboxylic acids is 2. The number of anilines is 3. The fraction of sp³-hybridized carbons (Fsp3) is 0.483. The van der Waals surface area contributed by atoms with Gasteiger partial charge in [-0.3, -0.25) is 0 Å². The molecule has 1 fully saturated rings. The lowest BCUT2D eigenvalue weighted by Crippen LogP contribution is -2.38. The number of nitrogens with one attached hydrogen (secondary N) is 3. The van der Waals surface area contributed by atoms with Crippen molar-refractivity contribution in [3.63, 3.8) is 0 Å². The molecule has 1 aromatic carbocycles. The fourth-order valence-corrected chi connectivity index (χ4v) is 4.85. The molecule has 0 spiro atoms. The van der Waals surface area contributed by atoms with Gasteiger partial charge in [0.05, 0.1) is 17.5 Å². The normalized spacial score (nSPS) is 17.5. The van der Waals surface area contributed by atoms with Crippen LogP contribution < -0.4 is 16.0 Å². The first-order valence-electron chi connectivity index (χ1n) is 13.8. The molecular weight excluding hydrogens is 526 g/mol. The van der Waals surface area contributed by atoms with E-state index in [0.717, 1.165) is 30.3 Å². The minimum absolute atomic E-state index is 0.00103. The number of rotatable bonds is 5. The summed E-state index contributed by atoms with van der Waals surface area (Å²) >= 11 is 0. The van der Waals surface area contributed by atoms with Gasteiger partial charge >= 0.3 is 12.2 Å². The van der Waals surface area contributed by atoms with Crippen LogP contribution >= 0.6 is 0 Å². The van der Waals surface area contributed by atoms with Crippen LogP contribution in [0.2, 0.25) is 0 Å². The number of carbonyl (C=O) groups is 2. The zero-order chi connectivity index (χ0) is 29.5. The summed E-state index contributed by atoms with van der Waals surface area (Å²) in [6.07, 6.45) is 3.00. The number of hydrogen-bond acceptors (Lipinski definition) is 10. The summed E-state index contributed by atoms with van der Waals surface area (Å²) in [5.74, 6) is 0.920. The maximum Gasteiger partial charge on any atom is 0.435 e. The average Bonchev–Trinajstić information content (AvgIpc) is 3.56. The molecule has 1 aliphatic rings. The number of aryl methyl sites for hydroxylation is 1. The second-order valence-corrected chi connectivity index (χ2v) is 12.4. The molecule has 1 saturated carbocycles. The summed E-state index contributed by atoms with van der Waals surface area (Å²) in [6.45, 7) is 12.8. The molecular formula is C29H37N7O5. The summed E-state index contributed by atoms with van der Waals surface area (Å²) in [4.78, 5) is 34.3. The molecule has 1 amide bonds. The van der Waals surface area contributed by atoms with Gasteiger partial charge in [0, 0.05) is 29.2 Å². The van der Waals surface area contributed by atoms with Gasteiger partial charge in [0.2, 0.25) is 5.95 Å². The van der Waals surface area contributed by atoms with Crippen LogP contribution in [0.5, 0.6) is 0 Å². The van der Waals surface area contributed by atoms with E-state index in [1.807, 2.05) is 66.7 Å². The Kier molecular flexibility index (Phi) is 7.26. The zero-order valence-corrected chi connectivity index (χ0v) is 24.5. The van der Waals surface area contributed by atoms with Crippen molar-refractivity contribution in [3.8, 4) is 0 Å². The third kappa shape index (κ3) is 6.69. The largest absolute Gasteiger partial charge is 0.459 e. The topological polar surface area (TPSA) is 145 Å². The molecule has 0 radical (unpaired) electrons. The highest BCUT2D eigenvalue weighted by atomic mass is 16.6. The third-order valence-electron chi connectivity index (χ3n) is 6.49. The van der Waals surface area contributed by atoms with E-state index in [4.69, 9.17) is 18.9 Å². The number of aromatic nitrogens is 4. The van der Waals surface area contributed by atoms with Gasteiger partial charge in [-0.1, -0.05) is 0 Å². The Morgan fingerprint density at radius 1 is 1.00 bits per heavy atom. The van der Waals surface area contributed by atoms with Gasteiger partial charge in [-0.25, -0.2) is 14.6 Å². The Morgan fingerprint density at radius 2 is 1.73 bits per heavy atom. The highest BCUT2D eigenvalue weighted by Gasteiger charge is 2.29. The third-order valence-corrected chi connectivity index (χ3v) is 6.49. The second-order valence-electron chi connectivity index (χ2n) is 12.4. The number of alkyl carbamates (subject to hydrolysis) is 1. The molecule has 3 heterocycles. The minimum Gasteiger partial charge on any atom is -0.459 e. The van der Waals surface area contributed by atoms with Gasteiger partial charge in [0.15, 0.2) is 11.4 Å². The number of benzene rings is 1. The lowest BCUT2D eigenvalue weighted by molar-refractivity contribution is 0.0499. The molecule has 1 aliphatic carbocycles. The van der Waals surface area contributed by atoms with Crippen LogP contribution in [0.1, 0.15) is 66.5 Å². The lowest BCUT2D eigenvalue weighted by atomic mass is 10.2. The summed E-state index contributed by atoms with van der Waals surface area (Å²) < 4.78 is 17.9. The number of nitrogens with zero attached hydrogens (tertiary/aromatic N) is 4. The highest BCUT2D eigenvalue weighted by Crippen LogP contribution is 2.30. The zero-order valence-electron chi connectivity index (χ0n) is 24.5. The van der Waals surface area contributed by atoms with E-state index >= 15 is 0 Å². The van der Waals surface area contributed by atoms with Crippen molar-refractivity contribution in [2.75, 3.05) is 10.6 Å². The van der Waals surface area contributed by atoms with Crippen LogP contribution in [0.15, 0.2) is 34.9 Å². The van der Waals surface area contributed by atoms with E-state index in [-0.39, 0.29) is 12.1 Å². The lowest BCUT2D eigenvalue weighted by Gasteiger charge is -2.22. The minimum atomic E-state index is -0.651. The molecule has 218 valence electrons. The first-order chi connectivity index (χ1) is 19.2. The summed E-state index contributed by atoms with van der Waals surface area (Å²) in [5.41, 5.74) is 2.00. The molecule has 5 rings (SSSR count). The van der Waals surface area contributed by atoms with Crippen LogP contribution in [0, 0.1) is 6.92 Å². The van der Waals surface area contributed by atoms with Crippen molar-refractivity contribution in [2.24, 2.45) is 0 Å². The van der Waals surface area contributed by atoms with E-state index in [1.54, 1.807) is 12.3 Å². The van der Waals surface area contributed by atoms with Gasteiger partial charge in [-0.05, 0) is 85.9 Å². The van der Waals surface area contributed by atoms with Crippen molar-refractivity contribution in [1.82, 2.24) is 25.1 Å². The first kappa shape index (κ1) is 28.2. The van der Waals surface area contributed by atoms with Gasteiger partial charge in [-0.2, -0.15) is 14.8 Å². The molecule has 0 bridgehead atoms. The molecule has 0 aliphatic heterocycles. The van der Waals surface area contributed by atoms with Crippen LogP contribution in [0.4, 0.5) is 27.0 Å². The van der Waals surface area contributed by atoms with Crippen LogP contribution in [0.25, 0.3) is 22.0 Å². The van der Waals surface area contributed by atoms with Crippen LogP contribution in [-0.4, -0.2) is 55.2 Å². The maximum atomic E-state index is 12.8. The van der Waals surface area contributed by atoms with Crippen LogP contribution in [0.3, 0.4) is 0 Å². The van der Waals surface area contributed by atoms with Crippen molar-refractivity contribution < 1.29 is 23.5 Å².